The van der Waals surface area contributed by atoms with Crippen molar-refractivity contribution in [3.63, 3.8) is 0 Å². The maximum Gasteiger partial charge on any atom is 0.420 e. The molecule has 0 aromatic carbocycles. The standard InChI is InChI=1S/C19H15ClF3N7O/c20-16-15(18(31)29-2-1-10(7-29)14-6-26-9-27-14)28-17-13(19(21,22)23)3-11(8-30(16)17)12(4-24)5-25/h1,3-6,8-9,24H,2,7,25H2,(H,26,27)/b12-5+,24-4?. The second-order valence-electron chi connectivity index (χ2n) is 6.73. The number of amides is 1. The van der Waals surface area contributed by atoms with Crippen LogP contribution in [0.5, 0.6) is 0 Å². The first-order chi connectivity index (χ1) is 14.7. The monoisotopic (exact) mass is 449 g/mol. The summed E-state index contributed by atoms with van der Waals surface area (Å²) in [5.41, 5.74) is 5.16. The van der Waals surface area contributed by atoms with Gasteiger partial charge in [-0.15, -0.1) is 0 Å². The average Bonchev–Trinajstić information content (AvgIpc) is 3.48. The first kappa shape index (κ1) is 20.7. The molecule has 0 aliphatic carbocycles. The van der Waals surface area contributed by atoms with Crippen LogP contribution in [0.4, 0.5) is 13.2 Å². The molecule has 0 bridgehead atoms. The Balaban J connectivity index is 1.77. The molecular formula is C19H15ClF3N7O. The van der Waals surface area contributed by atoms with Gasteiger partial charge in [0, 0.05) is 42.8 Å². The summed E-state index contributed by atoms with van der Waals surface area (Å²) in [7, 11) is 0. The molecule has 0 spiro atoms. The van der Waals surface area contributed by atoms with Gasteiger partial charge in [0.1, 0.15) is 5.15 Å². The molecule has 1 aliphatic rings. The number of fused-ring (bicyclic) bond motifs is 1. The van der Waals surface area contributed by atoms with E-state index in [0.29, 0.717) is 0 Å². The molecule has 3 aromatic rings. The summed E-state index contributed by atoms with van der Waals surface area (Å²) in [5, 5.41) is 7.10. The molecule has 0 fully saturated rings. The van der Waals surface area contributed by atoms with Gasteiger partial charge in [-0.2, -0.15) is 13.2 Å². The number of allylic oxidation sites excluding steroid dienone is 1. The number of carbonyl (C=O) groups excluding carboxylic acids is 1. The lowest BCUT2D eigenvalue weighted by molar-refractivity contribution is -0.136. The molecule has 0 radical (unpaired) electrons. The Morgan fingerprint density at radius 3 is 2.77 bits per heavy atom. The highest BCUT2D eigenvalue weighted by molar-refractivity contribution is 6.33. The summed E-state index contributed by atoms with van der Waals surface area (Å²) in [6.07, 6.45) is 3.27. The molecule has 4 rings (SSSR count). The summed E-state index contributed by atoms with van der Waals surface area (Å²) in [6.45, 7) is 0.485. The molecule has 12 heteroatoms. The van der Waals surface area contributed by atoms with Crippen molar-refractivity contribution in [3.05, 3.63) is 64.7 Å². The van der Waals surface area contributed by atoms with E-state index in [1.54, 1.807) is 6.20 Å². The quantitative estimate of drug-likeness (QED) is 0.530. The van der Waals surface area contributed by atoms with Gasteiger partial charge in [0.15, 0.2) is 11.3 Å². The highest BCUT2D eigenvalue weighted by atomic mass is 35.5. The third-order valence-electron chi connectivity index (χ3n) is 4.89. The number of hydrogen-bond acceptors (Lipinski definition) is 5. The molecule has 0 saturated carbocycles. The van der Waals surface area contributed by atoms with Gasteiger partial charge in [-0.05, 0) is 11.6 Å². The molecule has 4 heterocycles. The fourth-order valence-electron chi connectivity index (χ4n) is 3.33. The SMILES string of the molecule is N=C/C(=C\N)c1cc(C(F)(F)F)c2nc(C(=O)N3CC=C(c4cnc[nH]4)C3)c(Cl)n2c1. The Hall–Kier alpha value is -3.60. The average molecular weight is 450 g/mol. The third-order valence-corrected chi connectivity index (χ3v) is 5.25. The lowest BCUT2D eigenvalue weighted by Gasteiger charge is -2.14. The van der Waals surface area contributed by atoms with Crippen molar-refractivity contribution in [2.75, 3.05) is 13.1 Å². The largest absolute Gasteiger partial charge is 0.420 e. The number of H-pyrrole nitrogens is 1. The van der Waals surface area contributed by atoms with Crippen molar-refractivity contribution in [2.24, 2.45) is 5.73 Å². The number of halogens is 4. The van der Waals surface area contributed by atoms with Crippen LogP contribution in [0, 0.1) is 5.41 Å². The number of aromatic nitrogens is 4. The number of nitrogens with one attached hydrogen (secondary N) is 2. The van der Waals surface area contributed by atoms with Gasteiger partial charge in [-0.25, -0.2) is 9.97 Å². The molecule has 0 unspecified atom stereocenters. The van der Waals surface area contributed by atoms with Crippen molar-refractivity contribution < 1.29 is 18.0 Å². The molecule has 1 amide bonds. The summed E-state index contributed by atoms with van der Waals surface area (Å²) in [4.78, 5) is 25.2. The van der Waals surface area contributed by atoms with Crippen molar-refractivity contribution in [3.8, 4) is 0 Å². The maximum absolute atomic E-state index is 13.7. The Labute approximate surface area is 178 Å². The maximum atomic E-state index is 13.7. The predicted molar refractivity (Wildman–Crippen MR) is 109 cm³/mol. The van der Waals surface area contributed by atoms with E-state index in [9.17, 15) is 18.0 Å². The molecule has 0 atom stereocenters. The van der Waals surface area contributed by atoms with Crippen molar-refractivity contribution in [1.29, 1.82) is 5.41 Å². The molecule has 160 valence electrons. The highest BCUT2D eigenvalue weighted by Crippen LogP contribution is 2.36. The van der Waals surface area contributed by atoms with Gasteiger partial charge in [0.2, 0.25) is 0 Å². The second kappa shape index (κ2) is 7.58. The van der Waals surface area contributed by atoms with Crippen LogP contribution in [0.15, 0.2) is 37.1 Å². The fraction of sp³-hybridized carbons (Fsp3) is 0.158. The molecule has 1 aliphatic heterocycles. The molecule has 8 nitrogen and oxygen atoms in total. The van der Waals surface area contributed by atoms with Crippen molar-refractivity contribution >= 4 is 40.5 Å². The minimum atomic E-state index is -4.77. The lowest BCUT2D eigenvalue weighted by Crippen LogP contribution is -2.29. The summed E-state index contributed by atoms with van der Waals surface area (Å²) in [6, 6.07) is 0.824. The van der Waals surface area contributed by atoms with E-state index in [0.717, 1.165) is 34.1 Å². The Morgan fingerprint density at radius 2 is 2.16 bits per heavy atom. The molecular weight excluding hydrogens is 435 g/mol. The van der Waals surface area contributed by atoms with Crippen LogP contribution in [0.2, 0.25) is 5.15 Å². The predicted octanol–water partition coefficient (Wildman–Crippen LogP) is 3.22. The zero-order chi connectivity index (χ0) is 22.3. The number of alkyl halides is 3. The molecule has 4 N–H and O–H groups in total. The second-order valence-corrected chi connectivity index (χ2v) is 7.09. The van der Waals surface area contributed by atoms with E-state index < -0.39 is 23.3 Å². The van der Waals surface area contributed by atoms with E-state index in [-0.39, 0.29) is 35.1 Å². The van der Waals surface area contributed by atoms with E-state index in [1.165, 1.54) is 17.4 Å². The number of nitrogens with zero attached hydrogens (tertiary/aromatic N) is 4. The summed E-state index contributed by atoms with van der Waals surface area (Å²) >= 11 is 6.30. The van der Waals surface area contributed by atoms with Gasteiger partial charge in [0.05, 0.1) is 23.8 Å². The van der Waals surface area contributed by atoms with Crippen LogP contribution in [0.1, 0.15) is 27.3 Å². The van der Waals surface area contributed by atoms with Crippen LogP contribution < -0.4 is 5.73 Å². The summed E-state index contributed by atoms with van der Waals surface area (Å²) < 4.78 is 42.1. The van der Waals surface area contributed by atoms with E-state index >= 15 is 0 Å². The van der Waals surface area contributed by atoms with Gasteiger partial charge in [-0.3, -0.25) is 9.20 Å². The lowest BCUT2D eigenvalue weighted by atomic mass is 10.1. The zero-order valence-corrected chi connectivity index (χ0v) is 16.5. The molecule has 3 aromatic heterocycles. The van der Waals surface area contributed by atoms with Crippen LogP contribution in [0.25, 0.3) is 16.8 Å². The summed E-state index contributed by atoms with van der Waals surface area (Å²) in [5.74, 6) is -0.601. The van der Waals surface area contributed by atoms with Crippen LogP contribution in [-0.4, -0.2) is 49.5 Å². The van der Waals surface area contributed by atoms with E-state index in [1.807, 2.05) is 6.08 Å². The Bertz CT molecular complexity index is 1240. The number of carbonyl (C=O) groups is 1. The number of pyridine rings is 1. The number of imidazole rings is 2. The zero-order valence-electron chi connectivity index (χ0n) is 15.7. The fourth-order valence-corrected chi connectivity index (χ4v) is 3.59. The molecule has 0 saturated heterocycles. The van der Waals surface area contributed by atoms with Crippen LogP contribution >= 0.6 is 11.6 Å². The smallest absolute Gasteiger partial charge is 0.404 e. The minimum Gasteiger partial charge on any atom is -0.404 e. The first-order valence-electron chi connectivity index (χ1n) is 8.93. The van der Waals surface area contributed by atoms with Gasteiger partial charge < -0.3 is 21.0 Å². The van der Waals surface area contributed by atoms with Crippen LogP contribution in [-0.2, 0) is 6.18 Å². The van der Waals surface area contributed by atoms with E-state index in [4.69, 9.17) is 22.7 Å². The molecule has 31 heavy (non-hydrogen) atoms. The number of hydrogen-bond donors (Lipinski definition) is 3. The van der Waals surface area contributed by atoms with Gasteiger partial charge in [-0.1, -0.05) is 17.7 Å². The first-order valence-corrected chi connectivity index (χ1v) is 9.31. The Morgan fingerprint density at radius 1 is 1.39 bits per heavy atom. The van der Waals surface area contributed by atoms with Gasteiger partial charge >= 0.3 is 6.18 Å². The van der Waals surface area contributed by atoms with Crippen molar-refractivity contribution in [1.82, 2.24) is 24.3 Å². The topological polar surface area (TPSA) is 116 Å². The third kappa shape index (κ3) is 3.56. The normalized spacial score (nSPS) is 14.9. The highest BCUT2D eigenvalue weighted by Gasteiger charge is 2.37. The Kier molecular flexibility index (Phi) is 5.05. The van der Waals surface area contributed by atoms with Crippen molar-refractivity contribution in [2.45, 2.75) is 6.18 Å². The van der Waals surface area contributed by atoms with E-state index in [2.05, 4.69) is 15.0 Å². The minimum absolute atomic E-state index is 0.0139. The van der Waals surface area contributed by atoms with Gasteiger partial charge in [0.25, 0.3) is 5.91 Å². The number of aromatic amines is 1. The van der Waals surface area contributed by atoms with Crippen LogP contribution in [0.3, 0.4) is 0 Å². The number of nitrogens with two attached hydrogens (primary N) is 1. The number of rotatable bonds is 4.